The van der Waals surface area contributed by atoms with Crippen LogP contribution in [-0.4, -0.2) is 30.7 Å². The van der Waals surface area contributed by atoms with Crippen LogP contribution in [0.3, 0.4) is 0 Å². The molecule has 1 aliphatic rings. The van der Waals surface area contributed by atoms with E-state index in [0.717, 1.165) is 6.07 Å². The van der Waals surface area contributed by atoms with Crippen LogP contribution in [0.4, 0.5) is 10.1 Å². The SMILES string of the molecule is C#CC(=O)[C@@H]1CCc2c(cn(C)c2C(=O)Nc2ccc(F)c(C#N)c2)S(=O)(=O)N1. The number of rotatable bonds is 3. The molecule has 1 aliphatic heterocycles. The lowest BCUT2D eigenvalue weighted by atomic mass is 10.0. The van der Waals surface area contributed by atoms with Crippen LogP contribution in [0.2, 0.25) is 0 Å². The number of benzene rings is 1. The first-order valence-electron chi connectivity index (χ1n) is 8.40. The topological polar surface area (TPSA) is 121 Å². The summed E-state index contributed by atoms with van der Waals surface area (Å²) in [6, 6.07) is 4.11. The maximum atomic E-state index is 13.5. The molecule has 2 heterocycles. The van der Waals surface area contributed by atoms with Crippen LogP contribution >= 0.6 is 0 Å². The van der Waals surface area contributed by atoms with Gasteiger partial charge in [-0.05, 0) is 37.0 Å². The standard InChI is InChI=1S/C19H15FN4O4S/c1-3-16(25)15-7-5-13-17(29(27,28)23-15)10-24(2)18(13)19(26)22-12-4-6-14(20)11(8-12)9-21/h1,4,6,8,10,15,23H,5,7H2,2H3,(H,22,26)/t15-/m0/s1. The molecule has 1 atom stereocenters. The molecule has 0 saturated heterocycles. The van der Waals surface area contributed by atoms with Gasteiger partial charge in [-0.1, -0.05) is 0 Å². The van der Waals surface area contributed by atoms with Crippen molar-refractivity contribution in [1.29, 1.82) is 5.26 Å². The van der Waals surface area contributed by atoms with Crippen LogP contribution in [-0.2, 0) is 28.3 Å². The van der Waals surface area contributed by atoms with Crippen molar-refractivity contribution in [3.8, 4) is 18.4 Å². The second-order valence-electron chi connectivity index (χ2n) is 6.41. The molecule has 0 unspecified atom stereocenters. The number of halogens is 1. The highest BCUT2D eigenvalue weighted by Gasteiger charge is 2.34. The lowest BCUT2D eigenvalue weighted by molar-refractivity contribution is -0.115. The lowest BCUT2D eigenvalue weighted by Crippen LogP contribution is -2.39. The van der Waals surface area contributed by atoms with Gasteiger partial charge in [0.2, 0.25) is 15.8 Å². The lowest BCUT2D eigenvalue weighted by Gasteiger charge is -2.11. The van der Waals surface area contributed by atoms with Gasteiger partial charge in [-0.25, -0.2) is 12.8 Å². The van der Waals surface area contributed by atoms with Gasteiger partial charge in [-0.15, -0.1) is 6.42 Å². The number of fused-ring (bicyclic) bond motifs is 1. The minimum atomic E-state index is -4.07. The summed E-state index contributed by atoms with van der Waals surface area (Å²) in [6.07, 6.45) is 6.58. The number of amides is 1. The fraction of sp³-hybridized carbons (Fsp3) is 0.211. The molecule has 2 aromatic rings. The van der Waals surface area contributed by atoms with E-state index in [1.807, 2.05) is 5.92 Å². The molecule has 8 nitrogen and oxygen atoms in total. The van der Waals surface area contributed by atoms with E-state index in [0.29, 0.717) is 0 Å². The highest BCUT2D eigenvalue weighted by molar-refractivity contribution is 7.89. The van der Waals surface area contributed by atoms with E-state index >= 15 is 0 Å². The smallest absolute Gasteiger partial charge is 0.272 e. The van der Waals surface area contributed by atoms with Gasteiger partial charge >= 0.3 is 0 Å². The Hall–Kier alpha value is -3.47. The summed E-state index contributed by atoms with van der Waals surface area (Å²) >= 11 is 0. The summed E-state index contributed by atoms with van der Waals surface area (Å²) in [6.45, 7) is 0. The van der Waals surface area contributed by atoms with Crippen LogP contribution in [0.25, 0.3) is 0 Å². The Morgan fingerprint density at radius 2 is 2.14 bits per heavy atom. The fourth-order valence-electron chi connectivity index (χ4n) is 3.18. The van der Waals surface area contributed by atoms with Gasteiger partial charge in [-0.2, -0.15) is 9.98 Å². The van der Waals surface area contributed by atoms with Crippen LogP contribution in [0.1, 0.15) is 28.0 Å². The molecule has 3 rings (SSSR count). The summed E-state index contributed by atoms with van der Waals surface area (Å²) in [5, 5.41) is 11.5. The predicted molar refractivity (Wildman–Crippen MR) is 101 cm³/mol. The number of nitrogens with zero attached hydrogens (tertiary/aromatic N) is 2. The van der Waals surface area contributed by atoms with Gasteiger partial charge < -0.3 is 9.88 Å². The molecule has 0 bridgehead atoms. The number of sulfonamides is 1. The molecule has 29 heavy (non-hydrogen) atoms. The van der Waals surface area contributed by atoms with E-state index in [9.17, 15) is 22.4 Å². The average Bonchev–Trinajstić information content (AvgIpc) is 2.96. The molecule has 1 aromatic carbocycles. The van der Waals surface area contributed by atoms with Crippen molar-refractivity contribution in [1.82, 2.24) is 9.29 Å². The number of carbonyl (C=O) groups is 2. The maximum Gasteiger partial charge on any atom is 0.272 e. The Kier molecular flexibility index (Phi) is 5.25. The Labute approximate surface area is 166 Å². The number of ketones is 1. The number of hydrogen-bond acceptors (Lipinski definition) is 5. The Balaban J connectivity index is 1.99. The first-order valence-corrected chi connectivity index (χ1v) is 9.88. The van der Waals surface area contributed by atoms with Crippen molar-refractivity contribution in [2.24, 2.45) is 7.05 Å². The summed E-state index contributed by atoms with van der Waals surface area (Å²) in [5.41, 5.74) is 0.253. The van der Waals surface area contributed by atoms with Crippen molar-refractivity contribution >= 4 is 27.4 Å². The highest BCUT2D eigenvalue weighted by Crippen LogP contribution is 2.28. The zero-order chi connectivity index (χ0) is 21.3. The number of hydrogen-bond donors (Lipinski definition) is 2. The van der Waals surface area contributed by atoms with E-state index in [4.69, 9.17) is 11.7 Å². The number of aryl methyl sites for hydroxylation is 1. The van der Waals surface area contributed by atoms with E-state index in [1.54, 1.807) is 6.07 Å². The van der Waals surface area contributed by atoms with Crippen LogP contribution < -0.4 is 10.0 Å². The first-order chi connectivity index (χ1) is 13.7. The summed E-state index contributed by atoms with van der Waals surface area (Å²) in [7, 11) is -2.56. The second-order valence-corrected chi connectivity index (χ2v) is 8.10. The van der Waals surface area contributed by atoms with E-state index in [2.05, 4.69) is 10.0 Å². The summed E-state index contributed by atoms with van der Waals surface area (Å²) < 4.78 is 42.4. The van der Waals surface area contributed by atoms with Crippen LogP contribution in [0, 0.1) is 29.5 Å². The number of nitriles is 1. The predicted octanol–water partition coefficient (Wildman–Crippen LogP) is 1.08. The number of nitrogens with one attached hydrogen (secondary N) is 2. The zero-order valence-electron chi connectivity index (χ0n) is 15.2. The minimum Gasteiger partial charge on any atom is -0.345 e. The van der Waals surface area contributed by atoms with Crippen molar-refractivity contribution in [3.63, 3.8) is 0 Å². The van der Waals surface area contributed by atoms with E-state index < -0.39 is 33.6 Å². The van der Waals surface area contributed by atoms with Crippen LogP contribution in [0.15, 0.2) is 29.3 Å². The normalized spacial score (nSPS) is 17.3. The first kappa shape index (κ1) is 20.3. The number of terminal acetylenes is 1. The van der Waals surface area contributed by atoms with Crippen LogP contribution in [0.5, 0.6) is 0 Å². The molecule has 0 fully saturated rings. The maximum absolute atomic E-state index is 13.5. The highest BCUT2D eigenvalue weighted by atomic mass is 32.2. The molecule has 10 heteroatoms. The molecular weight excluding hydrogens is 399 g/mol. The van der Waals surface area contributed by atoms with Gasteiger partial charge in [0, 0.05) is 24.5 Å². The van der Waals surface area contributed by atoms with Crippen molar-refractivity contribution in [2.45, 2.75) is 23.8 Å². The van der Waals surface area contributed by atoms with Gasteiger partial charge in [-0.3, -0.25) is 9.59 Å². The fourth-order valence-corrected chi connectivity index (χ4v) is 4.73. The number of anilines is 1. The molecule has 1 aromatic heterocycles. The number of carbonyl (C=O) groups excluding carboxylic acids is 2. The molecule has 0 saturated carbocycles. The van der Waals surface area contributed by atoms with Gasteiger partial charge in [0.05, 0.1) is 11.6 Å². The van der Waals surface area contributed by atoms with E-state index in [-0.39, 0.29) is 40.2 Å². The Morgan fingerprint density at radius 1 is 1.41 bits per heavy atom. The third kappa shape index (κ3) is 3.76. The van der Waals surface area contributed by atoms with Crippen molar-refractivity contribution in [2.75, 3.05) is 5.32 Å². The van der Waals surface area contributed by atoms with Gasteiger partial charge in [0.25, 0.3) is 5.91 Å². The van der Waals surface area contributed by atoms with Crippen molar-refractivity contribution in [3.05, 3.63) is 47.0 Å². The van der Waals surface area contributed by atoms with Gasteiger partial charge in [0.15, 0.2) is 0 Å². The number of Topliss-reactive ketones (excluding diaryl/α,β-unsaturated/α-hetero) is 1. The molecule has 0 aliphatic carbocycles. The summed E-state index contributed by atoms with van der Waals surface area (Å²) in [5.74, 6) is -0.142. The van der Waals surface area contributed by atoms with E-state index in [1.165, 1.54) is 29.9 Å². The molecule has 2 N–H and O–H groups in total. The second kappa shape index (κ2) is 7.51. The Bertz CT molecular complexity index is 1220. The molecule has 148 valence electrons. The third-order valence-corrected chi connectivity index (χ3v) is 6.06. The molecular formula is C19H15FN4O4S. The summed E-state index contributed by atoms with van der Waals surface area (Å²) in [4.78, 5) is 24.5. The minimum absolute atomic E-state index is 0.0713. The average molecular weight is 414 g/mol. The molecule has 0 radical (unpaired) electrons. The largest absolute Gasteiger partial charge is 0.345 e. The number of aromatic nitrogens is 1. The quantitative estimate of drug-likeness (QED) is 0.575. The molecule has 1 amide bonds. The van der Waals surface area contributed by atoms with Gasteiger partial charge in [0.1, 0.15) is 22.5 Å². The Morgan fingerprint density at radius 3 is 2.79 bits per heavy atom. The monoisotopic (exact) mass is 414 g/mol. The van der Waals surface area contributed by atoms with Crippen molar-refractivity contribution < 1.29 is 22.4 Å². The zero-order valence-corrected chi connectivity index (χ0v) is 16.0. The molecule has 0 spiro atoms. The third-order valence-electron chi connectivity index (χ3n) is 4.54.